The van der Waals surface area contributed by atoms with Crippen LogP contribution in [0.15, 0.2) is 24.3 Å². The van der Waals surface area contributed by atoms with Crippen LogP contribution < -0.4 is 5.32 Å². The van der Waals surface area contributed by atoms with Crippen LogP contribution in [0.5, 0.6) is 0 Å². The summed E-state index contributed by atoms with van der Waals surface area (Å²) in [7, 11) is 1.91. The predicted molar refractivity (Wildman–Crippen MR) is 79.0 cm³/mol. The van der Waals surface area contributed by atoms with Crippen molar-refractivity contribution in [3.8, 4) is 0 Å². The van der Waals surface area contributed by atoms with Crippen molar-refractivity contribution in [1.29, 1.82) is 0 Å². The average Bonchev–Trinajstić information content (AvgIpc) is 3.04. The van der Waals surface area contributed by atoms with Gasteiger partial charge in [0.05, 0.1) is 0 Å². The Balaban J connectivity index is 1.81. The number of amides is 1. The molecule has 1 N–H and O–H groups in total. The van der Waals surface area contributed by atoms with E-state index in [1.807, 2.05) is 36.0 Å². The lowest BCUT2D eigenvalue weighted by Crippen LogP contribution is -2.14. The second-order valence-corrected chi connectivity index (χ2v) is 5.26. The van der Waals surface area contributed by atoms with Gasteiger partial charge in [-0.25, -0.2) is 0 Å². The van der Waals surface area contributed by atoms with Gasteiger partial charge in [-0.1, -0.05) is 19.1 Å². The predicted octanol–water partition coefficient (Wildman–Crippen LogP) is 2.72. The van der Waals surface area contributed by atoms with Gasteiger partial charge in [0.1, 0.15) is 0 Å². The molecule has 0 atom stereocenters. The number of hydrogen-bond donors (Lipinski definition) is 1. The molecule has 1 aliphatic rings. The van der Waals surface area contributed by atoms with Crippen LogP contribution in [0.25, 0.3) is 0 Å². The van der Waals surface area contributed by atoms with Crippen LogP contribution in [0.1, 0.15) is 40.7 Å². The molecule has 0 radical (unpaired) electrons. The van der Waals surface area contributed by atoms with E-state index >= 15 is 0 Å². The molecule has 4 nitrogen and oxygen atoms in total. The van der Waals surface area contributed by atoms with Gasteiger partial charge >= 0.3 is 0 Å². The van der Waals surface area contributed by atoms with Crippen LogP contribution in [-0.2, 0) is 26.3 Å². The lowest BCUT2D eigenvalue weighted by Gasteiger charge is -2.05. The normalized spacial score (nSPS) is 13.3. The van der Waals surface area contributed by atoms with Gasteiger partial charge in [-0.3, -0.25) is 9.48 Å². The zero-order valence-electron chi connectivity index (χ0n) is 11.9. The van der Waals surface area contributed by atoms with E-state index in [1.54, 1.807) is 0 Å². The molecule has 1 heterocycles. The second-order valence-electron chi connectivity index (χ2n) is 5.26. The number of carbonyl (C=O) groups excluding carboxylic acids is 1. The smallest absolute Gasteiger partial charge is 0.276 e. The molecule has 4 heteroatoms. The largest absolute Gasteiger partial charge is 0.321 e. The van der Waals surface area contributed by atoms with E-state index in [1.165, 1.54) is 11.3 Å². The number of nitrogens with zero attached hydrogens (tertiary/aromatic N) is 2. The molecule has 1 amide bonds. The Bertz CT molecular complexity index is 640. The van der Waals surface area contributed by atoms with Gasteiger partial charge < -0.3 is 5.32 Å². The number of hydrogen-bond acceptors (Lipinski definition) is 2. The highest BCUT2D eigenvalue weighted by Crippen LogP contribution is 2.25. The molecular formula is C16H19N3O. The van der Waals surface area contributed by atoms with E-state index in [4.69, 9.17) is 0 Å². The lowest BCUT2D eigenvalue weighted by molar-refractivity contribution is 0.102. The van der Waals surface area contributed by atoms with Gasteiger partial charge in [-0.05, 0) is 43.4 Å². The number of aryl methyl sites for hydroxylation is 2. The highest BCUT2D eigenvalue weighted by molar-refractivity contribution is 6.04. The summed E-state index contributed by atoms with van der Waals surface area (Å²) in [5.41, 5.74) is 5.00. The van der Waals surface area contributed by atoms with E-state index in [0.717, 1.165) is 36.9 Å². The first kappa shape index (κ1) is 12.9. The summed E-state index contributed by atoms with van der Waals surface area (Å²) in [5, 5.41) is 7.30. The Hall–Kier alpha value is -2.10. The minimum atomic E-state index is -0.104. The molecule has 0 saturated heterocycles. The Morgan fingerprint density at radius 2 is 2.05 bits per heavy atom. The molecule has 1 aliphatic carbocycles. The quantitative estimate of drug-likeness (QED) is 0.931. The molecule has 2 aromatic rings. The number of fused-ring (bicyclic) bond motifs is 1. The summed E-state index contributed by atoms with van der Waals surface area (Å²) in [4.78, 5) is 12.4. The fraction of sp³-hybridized carbons (Fsp3) is 0.375. The number of rotatable bonds is 3. The third-order valence-corrected chi connectivity index (χ3v) is 3.95. The highest BCUT2D eigenvalue weighted by Gasteiger charge is 2.24. The molecular weight excluding hydrogens is 250 g/mol. The molecule has 0 fully saturated rings. The number of aromatic nitrogens is 2. The van der Waals surface area contributed by atoms with Gasteiger partial charge in [0.15, 0.2) is 5.69 Å². The minimum Gasteiger partial charge on any atom is -0.321 e. The molecule has 3 rings (SSSR count). The topological polar surface area (TPSA) is 46.9 Å². The highest BCUT2D eigenvalue weighted by atomic mass is 16.2. The summed E-state index contributed by atoms with van der Waals surface area (Å²) in [6.07, 6.45) is 4.10. The maximum atomic E-state index is 12.4. The fourth-order valence-electron chi connectivity index (χ4n) is 2.81. The van der Waals surface area contributed by atoms with Gasteiger partial charge in [0.25, 0.3) is 5.91 Å². The summed E-state index contributed by atoms with van der Waals surface area (Å²) in [6.45, 7) is 2.12. The molecule has 0 aliphatic heterocycles. The SMILES string of the molecule is CCc1ccc(NC(=O)c2nn(C)c3c2CCC3)cc1. The third-order valence-electron chi connectivity index (χ3n) is 3.95. The van der Waals surface area contributed by atoms with Gasteiger partial charge in [-0.15, -0.1) is 0 Å². The number of nitrogens with one attached hydrogen (secondary N) is 1. The van der Waals surface area contributed by atoms with Crippen molar-refractivity contribution in [1.82, 2.24) is 9.78 Å². The number of anilines is 1. The Morgan fingerprint density at radius 3 is 2.75 bits per heavy atom. The fourth-order valence-corrected chi connectivity index (χ4v) is 2.81. The lowest BCUT2D eigenvalue weighted by atomic mass is 10.1. The van der Waals surface area contributed by atoms with Crippen molar-refractivity contribution < 1.29 is 4.79 Å². The van der Waals surface area contributed by atoms with Crippen LogP contribution in [0, 0.1) is 0 Å². The monoisotopic (exact) mass is 269 g/mol. The minimum absolute atomic E-state index is 0.104. The zero-order chi connectivity index (χ0) is 14.1. The van der Waals surface area contributed by atoms with Gasteiger partial charge in [0.2, 0.25) is 0 Å². The van der Waals surface area contributed by atoms with E-state index in [-0.39, 0.29) is 5.91 Å². The summed E-state index contributed by atoms with van der Waals surface area (Å²) >= 11 is 0. The van der Waals surface area contributed by atoms with Gasteiger partial charge in [-0.2, -0.15) is 5.10 Å². The Kier molecular flexibility index (Phi) is 3.30. The van der Waals surface area contributed by atoms with E-state index < -0.39 is 0 Å². The van der Waals surface area contributed by atoms with Crippen LogP contribution in [0.3, 0.4) is 0 Å². The van der Waals surface area contributed by atoms with Gasteiger partial charge in [0, 0.05) is 24.0 Å². The third kappa shape index (κ3) is 2.22. The Morgan fingerprint density at radius 1 is 1.30 bits per heavy atom. The first-order valence-corrected chi connectivity index (χ1v) is 7.14. The molecule has 1 aromatic heterocycles. The van der Waals surface area contributed by atoms with Crippen LogP contribution >= 0.6 is 0 Å². The zero-order valence-corrected chi connectivity index (χ0v) is 11.9. The summed E-state index contributed by atoms with van der Waals surface area (Å²) < 4.78 is 1.84. The first-order chi connectivity index (χ1) is 9.69. The molecule has 0 unspecified atom stereocenters. The van der Waals surface area contributed by atoms with E-state index in [2.05, 4.69) is 17.3 Å². The van der Waals surface area contributed by atoms with Crippen LogP contribution in [0.4, 0.5) is 5.69 Å². The summed E-state index contributed by atoms with van der Waals surface area (Å²) in [5.74, 6) is -0.104. The number of benzene rings is 1. The standard InChI is InChI=1S/C16H19N3O/c1-3-11-7-9-12(10-8-11)17-16(20)15-13-5-4-6-14(13)19(2)18-15/h7-10H,3-6H2,1-2H3,(H,17,20). The van der Waals surface area contributed by atoms with Crippen molar-refractivity contribution in [2.45, 2.75) is 32.6 Å². The van der Waals surface area contributed by atoms with Crippen LogP contribution in [-0.4, -0.2) is 15.7 Å². The molecule has 1 aromatic carbocycles. The molecule has 0 spiro atoms. The first-order valence-electron chi connectivity index (χ1n) is 7.14. The average molecular weight is 269 g/mol. The number of carbonyl (C=O) groups is 1. The summed E-state index contributed by atoms with van der Waals surface area (Å²) in [6, 6.07) is 7.97. The molecule has 0 saturated carbocycles. The maximum Gasteiger partial charge on any atom is 0.276 e. The van der Waals surface area contributed by atoms with E-state index in [0.29, 0.717) is 5.69 Å². The van der Waals surface area contributed by atoms with Crippen LogP contribution in [0.2, 0.25) is 0 Å². The van der Waals surface area contributed by atoms with Crippen molar-refractivity contribution in [3.63, 3.8) is 0 Å². The molecule has 0 bridgehead atoms. The molecule has 104 valence electrons. The van der Waals surface area contributed by atoms with E-state index in [9.17, 15) is 4.79 Å². The van der Waals surface area contributed by atoms with Crippen molar-refractivity contribution in [2.24, 2.45) is 7.05 Å². The maximum absolute atomic E-state index is 12.4. The second kappa shape index (κ2) is 5.12. The van der Waals surface area contributed by atoms with Crippen molar-refractivity contribution >= 4 is 11.6 Å². The Labute approximate surface area is 118 Å². The van der Waals surface area contributed by atoms with Crippen molar-refractivity contribution in [3.05, 3.63) is 46.8 Å². The van der Waals surface area contributed by atoms with Crippen molar-refractivity contribution in [2.75, 3.05) is 5.32 Å². The molecule has 20 heavy (non-hydrogen) atoms.